The number of hydrogen-bond donors (Lipinski definition) is 0. The van der Waals surface area contributed by atoms with Crippen LogP contribution in [0.25, 0.3) is 0 Å². The van der Waals surface area contributed by atoms with Crippen LogP contribution < -0.4 is 0 Å². The predicted octanol–water partition coefficient (Wildman–Crippen LogP) is 3.73. The van der Waals surface area contributed by atoms with Crippen LogP contribution in [0, 0.1) is 10.1 Å². The van der Waals surface area contributed by atoms with Crippen LogP contribution in [-0.4, -0.2) is 9.91 Å². The molecule has 2 aromatic rings. The molecule has 0 N–H and O–H groups in total. The van der Waals surface area contributed by atoms with E-state index in [0.717, 1.165) is 10.4 Å². The number of rotatable bonds is 4. The van der Waals surface area contributed by atoms with Crippen molar-refractivity contribution in [3.8, 4) is 0 Å². The van der Waals surface area contributed by atoms with Gasteiger partial charge in [0.05, 0.1) is 15.3 Å². The molecular formula is C11H9BrN2O2S. The minimum absolute atomic E-state index is 0.0658. The monoisotopic (exact) mass is 312 g/mol. The summed E-state index contributed by atoms with van der Waals surface area (Å²) in [5.74, 6) is 0. The summed E-state index contributed by atoms with van der Waals surface area (Å²) >= 11 is 5.07. The van der Waals surface area contributed by atoms with Crippen LogP contribution in [0.5, 0.6) is 0 Å². The van der Waals surface area contributed by atoms with E-state index >= 15 is 0 Å². The first-order valence-corrected chi connectivity index (χ1v) is 6.73. The largest absolute Gasteiger partial charge is 0.272 e. The van der Waals surface area contributed by atoms with Crippen LogP contribution in [0.3, 0.4) is 0 Å². The highest BCUT2D eigenvalue weighted by atomic mass is 79.9. The predicted molar refractivity (Wildman–Crippen MR) is 70.6 cm³/mol. The molecule has 1 aromatic carbocycles. The van der Waals surface area contributed by atoms with E-state index in [9.17, 15) is 10.1 Å². The summed E-state index contributed by atoms with van der Waals surface area (Å²) < 4.78 is 0. The summed E-state index contributed by atoms with van der Waals surface area (Å²) in [4.78, 5) is 15.7. The second-order valence-electron chi connectivity index (χ2n) is 3.46. The maximum Gasteiger partial charge on any atom is 0.272 e. The van der Waals surface area contributed by atoms with E-state index < -0.39 is 0 Å². The van der Waals surface area contributed by atoms with E-state index in [-0.39, 0.29) is 15.4 Å². The zero-order chi connectivity index (χ0) is 12.3. The SMILES string of the molecule is O=[N+]([O-])c1ccccc1CC(Br)c1cncs1. The molecule has 0 amide bonds. The van der Waals surface area contributed by atoms with Crippen LogP contribution in [-0.2, 0) is 6.42 Å². The number of halogens is 1. The fourth-order valence-electron chi connectivity index (χ4n) is 1.54. The van der Waals surface area contributed by atoms with Crippen molar-refractivity contribution in [3.05, 3.63) is 56.5 Å². The molecule has 0 aliphatic heterocycles. The molecule has 1 atom stereocenters. The van der Waals surface area contributed by atoms with E-state index in [4.69, 9.17) is 0 Å². The lowest BCUT2D eigenvalue weighted by Crippen LogP contribution is -1.98. The first-order chi connectivity index (χ1) is 8.18. The van der Waals surface area contributed by atoms with Crippen molar-refractivity contribution in [1.29, 1.82) is 0 Å². The number of aromatic nitrogens is 1. The van der Waals surface area contributed by atoms with Crippen molar-refractivity contribution >= 4 is 33.0 Å². The topological polar surface area (TPSA) is 56.0 Å². The normalized spacial score (nSPS) is 12.3. The van der Waals surface area contributed by atoms with Crippen molar-refractivity contribution in [2.45, 2.75) is 11.2 Å². The van der Waals surface area contributed by atoms with E-state index in [1.807, 2.05) is 6.07 Å². The van der Waals surface area contributed by atoms with Crippen LogP contribution >= 0.6 is 27.3 Å². The average molecular weight is 313 g/mol. The van der Waals surface area contributed by atoms with Gasteiger partial charge in [-0.2, -0.15) is 0 Å². The lowest BCUT2D eigenvalue weighted by atomic mass is 10.1. The Bertz CT molecular complexity index is 516. The number of para-hydroxylation sites is 1. The lowest BCUT2D eigenvalue weighted by molar-refractivity contribution is -0.385. The van der Waals surface area contributed by atoms with Crippen molar-refractivity contribution in [2.75, 3.05) is 0 Å². The number of thiazole rings is 1. The van der Waals surface area contributed by atoms with Crippen molar-refractivity contribution in [2.24, 2.45) is 0 Å². The Kier molecular flexibility index (Phi) is 3.86. The van der Waals surface area contributed by atoms with E-state index in [2.05, 4.69) is 20.9 Å². The van der Waals surface area contributed by atoms with Gasteiger partial charge in [-0.15, -0.1) is 11.3 Å². The third kappa shape index (κ3) is 2.89. The molecule has 88 valence electrons. The number of benzene rings is 1. The molecule has 0 bridgehead atoms. The summed E-state index contributed by atoms with van der Waals surface area (Å²) in [6.45, 7) is 0. The van der Waals surface area contributed by atoms with Gasteiger partial charge in [0.15, 0.2) is 0 Å². The highest BCUT2D eigenvalue weighted by molar-refractivity contribution is 9.09. The van der Waals surface area contributed by atoms with Crippen molar-refractivity contribution in [3.63, 3.8) is 0 Å². The standard InChI is InChI=1S/C11H9BrN2O2S/c12-9(11-6-13-7-17-11)5-8-3-1-2-4-10(8)14(15)16/h1-4,6-7,9H,5H2. The first-order valence-electron chi connectivity index (χ1n) is 4.93. The zero-order valence-electron chi connectivity index (χ0n) is 8.75. The van der Waals surface area contributed by atoms with E-state index in [1.54, 1.807) is 23.8 Å². The maximum absolute atomic E-state index is 10.9. The molecule has 0 saturated heterocycles. The summed E-state index contributed by atoms with van der Waals surface area (Å²) in [5, 5.41) is 10.9. The molecule has 1 heterocycles. The minimum Gasteiger partial charge on any atom is -0.258 e. The fraction of sp³-hybridized carbons (Fsp3) is 0.182. The molecule has 0 aliphatic rings. The van der Waals surface area contributed by atoms with Gasteiger partial charge in [-0.05, 0) is 6.42 Å². The van der Waals surface area contributed by atoms with Gasteiger partial charge in [-0.3, -0.25) is 15.1 Å². The summed E-state index contributed by atoms with van der Waals surface area (Å²) in [7, 11) is 0. The van der Waals surface area contributed by atoms with Gasteiger partial charge in [0.2, 0.25) is 0 Å². The Hall–Kier alpha value is -1.27. The second-order valence-corrected chi connectivity index (χ2v) is 5.48. The Morgan fingerprint density at radius 3 is 2.88 bits per heavy atom. The van der Waals surface area contributed by atoms with Crippen LogP contribution in [0.4, 0.5) is 5.69 Å². The quantitative estimate of drug-likeness (QED) is 0.491. The number of nitro groups is 1. The number of alkyl halides is 1. The zero-order valence-corrected chi connectivity index (χ0v) is 11.1. The molecular weight excluding hydrogens is 304 g/mol. The van der Waals surface area contributed by atoms with Crippen molar-refractivity contribution in [1.82, 2.24) is 4.98 Å². The number of nitro benzene ring substituents is 1. The fourth-order valence-corrected chi connectivity index (χ4v) is 2.92. The summed E-state index contributed by atoms with van der Waals surface area (Å²) in [5.41, 5.74) is 2.65. The van der Waals surface area contributed by atoms with Crippen molar-refractivity contribution < 1.29 is 4.92 Å². The molecule has 0 aliphatic carbocycles. The van der Waals surface area contributed by atoms with Gasteiger partial charge >= 0.3 is 0 Å². The molecule has 0 fully saturated rings. The second kappa shape index (κ2) is 5.37. The molecule has 2 rings (SSSR count). The molecule has 1 aromatic heterocycles. The van der Waals surface area contributed by atoms with Gasteiger partial charge in [0, 0.05) is 22.7 Å². The molecule has 0 saturated carbocycles. The molecule has 4 nitrogen and oxygen atoms in total. The van der Waals surface area contributed by atoms with Gasteiger partial charge < -0.3 is 0 Å². The van der Waals surface area contributed by atoms with Crippen LogP contribution in [0.15, 0.2) is 36.0 Å². The molecule has 0 radical (unpaired) electrons. The average Bonchev–Trinajstić information content (AvgIpc) is 2.83. The highest BCUT2D eigenvalue weighted by Gasteiger charge is 2.17. The maximum atomic E-state index is 10.9. The third-order valence-electron chi connectivity index (χ3n) is 2.35. The van der Waals surface area contributed by atoms with Crippen LogP contribution in [0.1, 0.15) is 15.3 Å². The molecule has 6 heteroatoms. The number of nitrogens with zero attached hydrogens (tertiary/aromatic N) is 2. The van der Waals surface area contributed by atoms with Gasteiger partial charge in [0.1, 0.15) is 0 Å². The third-order valence-corrected chi connectivity index (χ3v) is 4.36. The van der Waals surface area contributed by atoms with Gasteiger partial charge in [-0.1, -0.05) is 34.1 Å². The number of hydrogen-bond acceptors (Lipinski definition) is 4. The van der Waals surface area contributed by atoms with Crippen LogP contribution in [0.2, 0.25) is 0 Å². The Morgan fingerprint density at radius 2 is 2.24 bits per heavy atom. The molecule has 17 heavy (non-hydrogen) atoms. The Labute approximate surface area is 111 Å². The first kappa shape index (κ1) is 12.2. The van der Waals surface area contributed by atoms with E-state index in [1.165, 1.54) is 17.4 Å². The molecule has 1 unspecified atom stereocenters. The minimum atomic E-state index is -0.346. The van der Waals surface area contributed by atoms with Gasteiger partial charge in [0.25, 0.3) is 5.69 Å². The summed E-state index contributed by atoms with van der Waals surface area (Å²) in [6, 6.07) is 6.81. The Balaban J connectivity index is 2.21. The smallest absolute Gasteiger partial charge is 0.258 e. The highest BCUT2D eigenvalue weighted by Crippen LogP contribution is 2.32. The summed E-state index contributed by atoms with van der Waals surface area (Å²) in [6.07, 6.45) is 2.36. The lowest BCUT2D eigenvalue weighted by Gasteiger charge is -2.07. The molecule has 0 spiro atoms. The Morgan fingerprint density at radius 1 is 1.47 bits per heavy atom. The van der Waals surface area contributed by atoms with E-state index in [0.29, 0.717) is 6.42 Å². The van der Waals surface area contributed by atoms with Gasteiger partial charge in [-0.25, -0.2) is 0 Å².